The first-order valence-electron chi connectivity index (χ1n) is 6.29. The summed E-state index contributed by atoms with van der Waals surface area (Å²) in [7, 11) is -1.04. The van der Waals surface area contributed by atoms with E-state index in [4.69, 9.17) is 10.00 Å². The summed E-state index contributed by atoms with van der Waals surface area (Å²) in [5.74, 6) is 0. The van der Waals surface area contributed by atoms with E-state index >= 15 is 0 Å². The number of rotatable bonds is 5. The molecule has 2 heterocycles. The van der Waals surface area contributed by atoms with Crippen molar-refractivity contribution in [2.75, 3.05) is 6.61 Å². The minimum absolute atomic E-state index is 0.338. The Kier molecular flexibility index (Phi) is 3.98. The highest BCUT2D eigenvalue weighted by Gasteiger charge is 2.12. The monoisotopic (exact) mass is 274 g/mol. The Morgan fingerprint density at radius 2 is 2.21 bits per heavy atom. The van der Waals surface area contributed by atoms with E-state index in [-0.39, 0.29) is 0 Å². The second kappa shape index (κ2) is 5.51. The van der Waals surface area contributed by atoms with Crippen LogP contribution in [0.25, 0.3) is 11.2 Å². The van der Waals surface area contributed by atoms with E-state index in [1.54, 1.807) is 0 Å². The molecule has 2 aromatic rings. The van der Waals surface area contributed by atoms with Gasteiger partial charge in [0.2, 0.25) is 0 Å². The molecular weight excluding hydrogens is 256 g/mol. The van der Waals surface area contributed by atoms with Gasteiger partial charge in [-0.2, -0.15) is 5.26 Å². The fraction of sp³-hybridized carbons (Fsp3) is 0.462. The lowest BCUT2D eigenvalue weighted by Crippen LogP contribution is -2.22. The van der Waals surface area contributed by atoms with Gasteiger partial charge >= 0.3 is 0 Å². The molecule has 0 atom stereocenters. The Hall–Kier alpha value is -1.71. The maximum Gasteiger partial charge on any atom is 0.160 e. The van der Waals surface area contributed by atoms with Crippen molar-refractivity contribution in [2.45, 2.75) is 32.4 Å². The Morgan fingerprint density at radius 3 is 2.89 bits per heavy atom. The van der Waals surface area contributed by atoms with Crippen LogP contribution in [-0.2, 0) is 11.5 Å². The standard InChI is InChI=1S/C13H18N4OSi/c1-19(2,3)7-6-18-10-17-5-4-12-13(17)15-9-11(8-14)16-12/h4-5,9H,6-7,10H2,1-3H3. The SMILES string of the molecule is C[Si](C)(C)CCOCn1ccc2nc(C#N)cnc21. The lowest BCUT2D eigenvalue weighted by atomic mass is 10.4. The van der Waals surface area contributed by atoms with Crippen molar-refractivity contribution in [1.82, 2.24) is 14.5 Å². The van der Waals surface area contributed by atoms with Crippen LogP contribution in [0.15, 0.2) is 18.5 Å². The Morgan fingerprint density at radius 1 is 1.42 bits per heavy atom. The quantitative estimate of drug-likeness (QED) is 0.621. The zero-order valence-electron chi connectivity index (χ0n) is 11.6. The highest BCUT2D eigenvalue weighted by Crippen LogP contribution is 2.12. The van der Waals surface area contributed by atoms with Gasteiger partial charge < -0.3 is 9.30 Å². The minimum atomic E-state index is -1.04. The van der Waals surface area contributed by atoms with Gasteiger partial charge in [-0.15, -0.1) is 0 Å². The molecule has 0 unspecified atom stereocenters. The van der Waals surface area contributed by atoms with Crippen molar-refractivity contribution >= 4 is 19.2 Å². The fourth-order valence-corrected chi connectivity index (χ4v) is 2.42. The molecule has 0 aliphatic carbocycles. The van der Waals surface area contributed by atoms with Gasteiger partial charge in [0, 0.05) is 20.9 Å². The van der Waals surface area contributed by atoms with Gasteiger partial charge in [0.25, 0.3) is 0 Å². The highest BCUT2D eigenvalue weighted by atomic mass is 28.3. The third-order valence-corrected chi connectivity index (χ3v) is 4.51. The van der Waals surface area contributed by atoms with E-state index < -0.39 is 8.07 Å². The molecule has 0 amide bonds. The van der Waals surface area contributed by atoms with E-state index in [2.05, 4.69) is 29.6 Å². The third kappa shape index (κ3) is 3.62. The van der Waals surface area contributed by atoms with Gasteiger partial charge in [-0.3, -0.25) is 0 Å². The van der Waals surface area contributed by atoms with Crippen LogP contribution in [0.4, 0.5) is 0 Å². The fourth-order valence-electron chi connectivity index (χ4n) is 1.66. The molecule has 0 spiro atoms. The molecular formula is C13H18N4OSi. The van der Waals surface area contributed by atoms with E-state index in [0.717, 1.165) is 23.8 Å². The van der Waals surface area contributed by atoms with Gasteiger partial charge in [-0.1, -0.05) is 19.6 Å². The Labute approximate surface area is 113 Å². The Bertz CT molecular complexity index is 609. The molecule has 6 heteroatoms. The summed E-state index contributed by atoms with van der Waals surface area (Å²) in [4.78, 5) is 8.43. The van der Waals surface area contributed by atoms with Crippen LogP contribution in [0.5, 0.6) is 0 Å². The van der Waals surface area contributed by atoms with E-state index in [0.29, 0.717) is 12.4 Å². The van der Waals surface area contributed by atoms with Crippen molar-refractivity contribution in [3.05, 3.63) is 24.2 Å². The molecule has 0 radical (unpaired) electrons. The molecule has 0 N–H and O–H groups in total. The van der Waals surface area contributed by atoms with Gasteiger partial charge in [0.1, 0.15) is 18.3 Å². The first-order valence-corrected chi connectivity index (χ1v) is 10.00. The molecule has 5 nitrogen and oxygen atoms in total. The van der Waals surface area contributed by atoms with Crippen LogP contribution in [0.3, 0.4) is 0 Å². The summed E-state index contributed by atoms with van der Waals surface area (Å²) in [6, 6.07) is 4.99. The van der Waals surface area contributed by atoms with Gasteiger partial charge in [-0.25, -0.2) is 9.97 Å². The molecule has 100 valence electrons. The topological polar surface area (TPSA) is 63.7 Å². The summed E-state index contributed by atoms with van der Waals surface area (Å²) < 4.78 is 7.59. The van der Waals surface area contributed by atoms with Crippen LogP contribution < -0.4 is 0 Å². The van der Waals surface area contributed by atoms with Crippen molar-refractivity contribution in [3.63, 3.8) is 0 Å². The molecule has 0 aliphatic heterocycles. The lowest BCUT2D eigenvalue weighted by molar-refractivity contribution is 0.0899. The molecule has 2 rings (SSSR count). The van der Waals surface area contributed by atoms with Crippen LogP contribution in [0.2, 0.25) is 25.7 Å². The molecule has 2 aromatic heterocycles. The number of hydrogen-bond acceptors (Lipinski definition) is 4. The molecule has 0 saturated carbocycles. The molecule has 0 bridgehead atoms. The third-order valence-electron chi connectivity index (χ3n) is 2.80. The molecule has 0 aliphatic rings. The van der Waals surface area contributed by atoms with Gasteiger partial charge in [0.05, 0.1) is 6.20 Å². The first kappa shape index (κ1) is 13.7. The zero-order chi connectivity index (χ0) is 13.9. The van der Waals surface area contributed by atoms with Crippen molar-refractivity contribution in [1.29, 1.82) is 5.26 Å². The maximum atomic E-state index is 8.77. The van der Waals surface area contributed by atoms with Crippen LogP contribution in [0, 0.1) is 11.3 Å². The summed E-state index contributed by atoms with van der Waals surface area (Å²) in [5.41, 5.74) is 1.82. The van der Waals surface area contributed by atoms with Crippen molar-refractivity contribution in [3.8, 4) is 6.07 Å². The number of fused-ring (bicyclic) bond motifs is 1. The average molecular weight is 274 g/mol. The van der Waals surface area contributed by atoms with E-state index in [1.165, 1.54) is 6.20 Å². The predicted octanol–water partition coefficient (Wildman–Crippen LogP) is 2.62. The number of nitriles is 1. The molecule has 0 aromatic carbocycles. The van der Waals surface area contributed by atoms with Crippen LogP contribution >= 0.6 is 0 Å². The molecule has 0 saturated heterocycles. The van der Waals surface area contributed by atoms with Gasteiger partial charge in [0.15, 0.2) is 11.3 Å². The zero-order valence-corrected chi connectivity index (χ0v) is 12.6. The lowest BCUT2D eigenvalue weighted by Gasteiger charge is -2.15. The second-order valence-corrected chi connectivity index (χ2v) is 11.3. The van der Waals surface area contributed by atoms with Crippen LogP contribution in [0.1, 0.15) is 5.69 Å². The number of nitrogens with zero attached hydrogens (tertiary/aromatic N) is 4. The molecule has 0 fully saturated rings. The van der Waals surface area contributed by atoms with Gasteiger partial charge in [-0.05, 0) is 12.1 Å². The van der Waals surface area contributed by atoms with E-state index in [1.807, 2.05) is 22.9 Å². The summed E-state index contributed by atoms with van der Waals surface area (Å²) >= 11 is 0. The number of hydrogen-bond donors (Lipinski definition) is 0. The minimum Gasteiger partial charge on any atom is -0.361 e. The summed E-state index contributed by atoms with van der Waals surface area (Å²) in [6.45, 7) is 8.25. The highest BCUT2D eigenvalue weighted by molar-refractivity contribution is 6.76. The summed E-state index contributed by atoms with van der Waals surface area (Å²) in [5, 5.41) is 8.77. The van der Waals surface area contributed by atoms with Crippen molar-refractivity contribution in [2.24, 2.45) is 0 Å². The Balaban J connectivity index is 2.00. The average Bonchev–Trinajstić information content (AvgIpc) is 2.75. The molecule has 19 heavy (non-hydrogen) atoms. The normalized spacial score (nSPS) is 11.7. The van der Waals surface area contributed by atoms with E-state index in [9.17, 15) is 0 Å². The largest absolute Gasteiger partial charge is 0.361 e. The second-order valence-electron chi connectivity index (χ2n) is 5.71. The van der Waals surface area contributed by atoms with Crippen molar-refractivity contribution < 1.29 is 4.74 Å². The number of ether oxygens (including phenoxy) is 1. The summed E-state index contributed by atoms with van der Waals surface area (Å²) in [6.07, 6.45) is 3.38. The number of aromatic nitrogens is 3. The smallest absolute Gasteiger partial charge is 0.160 e. The van der Waals surface area contributed by atoms with Crippen LogP contribution in [-0.4, -0.2) is 29.2 Å². The maximum absolute atomic E-state index is 8.77. The predicted molar refractivity (Wildman–Crippen MR) is 76.3 cm³/mol. The first-order chi connectivity index (χ1) is 8.99.